The number of aliphatic hydroxyl groups excluding tert-OH is 1. The second-order valence-electron chi connectivity index (χ2n) is 9.11. The van der Waals surface area contributed by atoms with E-state index in [9.17, 15) is 14.7 Å². The van der Waals surface area contributed by atoms with Crippen molar-refractivity contribution in [3.05, 3.63) is 108 Å². The van der Waals surface area contributed by atoms with Crippen LogP contribution in [-0.2, 0) is 9.59 Å². The van der Waals surface area contributed by atoms with Gasteiger partial charge in [0.15, 0.2) is 0 Å². The second kappa shape index (κ2) is 9.82. The van der Waals surface area contributed by atoms with E-state index >= 15 is 0 Å². The van der Waals surface area contributed by atoms with Crippen LogP contribution in [0, 0.1) is 0 Å². The zero-order valence-electron chi connectivity index (χ0n) is 21.0. The SMILES string of the molecule is CCOc1cccc(N2C(=O)C(=O)/C(=C(\O)c3cccc4ccccc34)C2c2ccc(N(C)C)cc2)c1. The fourth-order valence-electron chi connectivity index (χ4n) is 4.84. The van der Waals surface area contributed by atoms with Gasteiger partial charge in [-0.15, -0.1) is 0 Å². The molecule has 1 aliphatic heterocycles. The summed E-state index contributed by atoms with van der Waals surface area (Å²) in [5, 5.41) is 13.4. The molecule has 6 nitrogen and oxygen atoms in total. The number of benzene rings is 4. The number of hydrogen-bond acceptors (Lipinski definition) is 5. The summed E-state index contributed by atoms with van der Waals surface area (Å²) in [6.07, 6.45) is 0. The van der Waals surface area contributed by atoms with Gasteiger partial charge in [0.05, 0.1) is 18.2 Å². The first-order chi connectivity index (χ1) is 17.9. The van der Waals surface area contributed by atoms with Crippen LogP contribution in [0.4, 0.5) is 11.4 Å². The van der Waals surface area contributed by atoms with Gasteiger partial charge in [0.1, 0.15) is 11.5 Å². The molecular formula is C31H28N2O4. The first-order valence-electron chi connectivity index (χ1n) is 12.2. The smallest absolute Gasteiger partial charge is 0.300 e. The number of ketones is 1. The number of amides is 1. The molecular weight excluding hydrogens is 464 g/mol. The van der Waals surface area contributed by atoms with E-state index in [1.165, 1.54) is 4.90 Å². The molecule has 0 saturated carbocycles. The van der Waals surface area contributed by atoms with Gasteiger partial charge >= 0.3 is 0 Å². The predicted octanol–water partition coefficient (Wildman–Crippen LogP) is 5.93. The van der Waals surface area contributed by atoms with E-state index in [4.69, 9.17) is 4.74 Å². The van der Waals surface area contributed by atoms with Crippen LogP contribution < -0.4 is 14.5 Å². The number of Topliss-reactive ketones (excluding diaryl/α,β-unsaturated/α-hetero) is 1. The minimum Gasteiger partial charge on any atom is -0.507 e. The van der Waals surface area contributed by atoms with Crippen molar-refractivity contribution in [2.75, 3.05) is 30.5 Å². The van der Waals surface area contributed by atoms with Crippen molar-refractivity contribution in [2.24, 2.45) is 0 Å². The van der Waals surface area contributed by atoms with E-state index in [1.54, 1.807) is 30.3 Å². The van der Waals surface area contributed by atoms with Crippen LogP contribution in [-0.4, -0.2) is 37.5 Å². The van der Waals surface area contributed by atoms with Crippen LogP contribution >= 0.6 is 0 Å². The molecule has 0 aromatic heterocycles. The third-order valence-electron chi connectivity index (χ3n) is 6.62. The molecule has 1 N–H and O–H groups in total. The summed E-state index contributed by atoms with van der Waals surface area (Å²) >= 11 is 0. The second-order valence-corrected chi connectivity index (χ2v) is 9.11. The summed E-state index contributed by atoms with van der Waals surface area (Å²) in [5.41, 5.74) is 2.78. The third kappa shape index (κ3) is 4.31. The van der Waals surface area contributed by atoms with Gasteiger partial charge in [-0.3, -0.25) is 14.5 Å². The highest BCUT2D eigenvalue weighted by molar-refractivity contribution is 6.51. The largest absolute Gasteiger partial charge is 0.507 e. The van der Waals surface area contributed by atoms with Gasteiger partial charge < -0.3 is 14.7 Å². The lowest BCUT2D eigenvalue weighted by Crippen LogP contribution is -2.29. The van der Waals surface area contributed by atoms with Gasteiger partial charge in [-0.05, 0) is 47.5 Å². The lowest BCUT2D eigenvalue weighted by Gasteiger charge is -2.26. The molecule has 1 aliphatic rings. The molecule has 0 spiro atoms. The van der Waals surface area contributed by atoms with E-state index in [0.717, 1.165) is 16.5 Å². The Hall–Kier alpha value is -4.58. The number of rotatable bonds is 6. The number of anilines is 2. The van der Waals surface area contributed by atoms with Crippen LogP contribution in [0.25, 0.3) is 16.5 Å². The summed E-state index contributed by atoms with van der Waals surface area (Å²) in [4.78, 5) is 30.5. The molecule has 186 valence electrons. The Morgan fingerprint density at radius 3 is 2.35 bits per heavy atom. The monoisotopic (exact) mass is 492 g/mol. The number of aliphatic hydroxyl groups is 1. The van der Waals surface area contributed by atoms with Gasteiger partial charge in [0.2, 0.25) is 0 Å². The average Bonchev–Trinajstić information content (AvgIpc) is 3.18. The first-order valence-corrected chi connectivity index (χ1v) is 12.2. The van der Waals surface area contributed by atoms with Gasteiger partial charge in [-0.2, -0.15) is 0 Å². The molecule has 0 radical (unpaired) electrons. The lowest BCUT2D eigenvalue weighted by molar-refractivity contribution is -0.132. The normalized spacial score (nSPS) is 16.8. The molecule has 0 bridgehead atoms. The van der Waals surface area contributed by atoms with Crippen LogP contribution in [0.1, 0.15) is 24.1 Å². The number of ether oxygens (including phenoxy) is 1. The molecule has 37 heavy (non-hydrogen) atoms. The fourth-order valence-corrected chi connectivity index (χ4v) is 4.84. The van der Waals surface area contributed by atoms with Crippen molar-refractivity contribution in [3.8, 4) is 5.75 Å². The molecule has 1 saturated heterocycles. The molecule has 1 atom stereocenters. The van der Waals surface area contributed by atoms with Gasteiger partial charge in [-0.25, -0.2) is 0 Å². The average molecular weight is 493 g/mol. The zero-order valence-corrected chi connectivity index (χ0v) is 21.0. The summed E-state index contributed by atoms with van der Waals surface area (Å²) < 4.78 is 5.65. The maximum absolute atomic E-state index is 13.6. The van der Waals surface area contributed by atoms with E-state index in [1.807, 2.05) is 86.6 Å². The van der Waals surface area contributed by atoms with Crippen LogP contribution in [0.3, 0.4) is 0 Å². The topological polar surface area (TPSA) is 70.1 Å². The van der Waals surface area contributed by atoms with Crippen LogP contribution in [0.15, 0.2) is 96.6 Å². The Kier molecular flexibility index (Phi) is 6.40. The highest BCUT2D eigenvalue weighted by Crippen LogP contribution is 2.43. The van der Waals surface area contributed by atoms with E-state index in [2.05, 4.69) is 0 Å². The highest BCUT2D eigenvalue weighted by Gasteiger charge is 2.47. The number of carbonyl (C=O) groups is 2. The zero-order chi connectivity index (χ0) is 26.1. The van der Waals surface area contributed by atoms with Gasteiger partial charge in [0, 0.05) is 37.1 Å². The highest BCUT2D eigenvalue weighted by atomic mass is 16.5. The minimum absolute atomic E-state index is 0.0563. The number of fused-ring (bicyclic) bond motifs is 1. The van der Waals surface area contributed by atoms with Crippen molar-refractivity contribution in [2.45, 2.75) is 13.0 Å². The Morgan fingerprint density at radius 1 is 0.919 bits per heavy atom. The lowest BCUT2D eigenvalue weighted by atomic mass is 9.93. The quantitative estimate of drug-likeness (QED) is 0.205. The van der Waals surface area contributed by atoms with E-state index < -0.39 is 17.7 Å². The summed E-state index contributed by atoms with van der Waals surface area (Å²) in [6, 6.07) is 27.1. The van der Waals surface area contributed by atoms with Gasteiger partial charge in [0.25, 0.3) is 11.7 Å². The molecule has 1 unspecified atom stereocenters. The van der Waals surface area contributed by atoms with Crippen molar-refractivity contribution in [3.63, 3.8) is 0 Å². The van der Waals surface area contributed by atoms with Crippen molar-refractivity contribution in [1.29, 1.82) is 0 Å². The molecule has 4 aromatic rings. The molecule has 6 heteroatoms. The van der Waals surface area contributed by atoms with E-state index in [0.29, 0.717) is 29.2 Å². The number of carbonyl (C=O) groups excluding carboxylic acids is 2. The molecule has 1 heterocycles. The Labute approximate surface area is 216 Å². The summed E-state index contributed by atoms with van der Waals surface area (Å²) in [5.74, 6) is -1.02. The maximum Gasteiger partial charge on any atom is 0.300 e. The fraction of sp³-hybridized carbons (Fsp3) is 0.161. The minimum atomic E-state index is -0.813. The van der Waals surface area contributed by atoms with Crippen LogP contribution in [0.5, 0.6) is 5.75 Å². The molecule has 0 aliphatic carbocycles. The van der Waals surface area contributed by atoms with Crippen molar-refractivity contribution in [1.82, 2.24) is 0 Å². The summed E-state index contributed by atoms with van der Waals surface area (Å²) in [6.45, 7) is 2.36. The van der Waals surface area contributed by atoms with Crippen molar-refractivity contribution >= 4 is 39.6 Å². The third-order valence-corrected chi connectivity index (χ3v) is 6.62. The summed E-state index contributed by atoms with van der Waals surface area (Å²) in [7, 11) is 3.89. The predicted molar refractivity (Wildman–Crippen MR) is 147 cm³/mol. The molecule has 1 amide bonds. The molecule has 4 aromatic carbocycles. The Balaban J connectivity index is 1.74. The molecule has 5 rings (SSSR count). The Morgan fingerprint density at radius 2 is 1.62 bits per heavy atom. The van der Waals surface area contributed by atoms with Crippen molar-refractivity contribution < 1.29 is 19.4 Å². The standard InChI is InChI=1S/C31H28N2O4/c1-4-37-24-12-8-11-23(19-24)33-28(21-15-17-22(18-16-21)32(2)3)27(30(35)31(33)36)29(34)26-14-7-10-20-9-5-6-13-25(20)26/h5-19,28,34H,4H2,1-3H3/b29-27-. The van der Waals surface area contributed by atoms with Gasteiger partial charge in [-0.1, -0.05) is 60.7 Å². The first kappa shape index (κ1) is 24.1. The van der Waals surface area contributed by atoms with Crippen LogP contribution in [0.2, 0.25) is 0 Å². The Bertz CT molecular complexity index is 1520. The number of nitrogens with zero attached hydrogens (tertiary/aromatic N) is 2. The number of hydrogen-bond donors (Lipinski definition) is 1. The molecule has 1 fully saturated rings. The van der Waals surface area contributed by atoms with E-state index in [-0.39, 0.29) is 11.3 Å². The maximum atomic E-state index is 13.6.